The molecule has 92 valence electrons. The lowest BCUT2D eigenvalue weighted by Gasteiger charge is -2.36. The highest BCUT2D eigenvalue weighted by atomic mass is 16.7. The lowest BCUT2D eigenvalue weighted by molar-refractivity contribution is 0.174. The van der Waals surface area contributed by atoms with Gasteiger partial charge in [0.2, 0.25) is 6.79 Å². The number of rotatable bonds is 1. The molecule has 1 aromatic rings. The van der Waals surface area contributed by atoms with E-state index in [0.29, 0.717) is 6.79 Å². The first-order valence-corrected chi connectivity index (χ1v) is 5.88. The number of hydrogen-bond acceptors (Lipinski definition) is 5. The molecule has 2 aliphatic heterocycles. The summed E-state index contributed by atoms with van der Waals surface area (Å²) in [6.45, 7) is 1.98. The van der Waals surface area contributed by atoms with Gasteiger partial charge in [0.05, 0.1) is 0 Å². The average molecular weight is 235 g/mol. The van der Waals surface area contributed by atoms with Gasteiger partial charge in [0.1, 0.15) is 0 Å². The van der Waals surface area contributed by atoms with Crippen LogP contribution >= 0.6 is 0 Å². The number of ether oxygens (including phenoxy) is 2. The van der Waals surface area contributed by atoms with Crippen LogP contribution in [0.15, 0.2) is 18.2 Å². The van der Waals surface area contributed by atoms with Gasteiger partial charge in [-0.05, 0) is 18.6 Å². The fourth-order valence-corrected chi connectivity index (χ4v) is 2.47. The normalized spacial score (nSPS) is 27.3. The SMILES string of the molecule is N[C@@H]1C[C@H](N)CN(c2ccc3c(c2)OCO3)C1. The highest BCUT2D eigenvalue weighted by molar-refractivity contribution is 5.57. The van der Waals surface area contributed by atoms with Gasteiger partial charge in [0, 0.05) is 36.9 Å². The maximum Gasteiger partial charge on any atom is 0.231 e. The van der Waals surface area contributed by atoms with E-state index in [-0.39, 0.29) is 12.1 Å². The molecule has 4 N–H and O–H groups in total. The Morgan fingerprint density at radius 3 is 2.53 bits per heavy atom. The zero-order valence-electron chi connectivity index (χ0n) is 9.63. The van der Waals surface area contributed by atoms with Gasteiger partial charge in [0.25, 0.3) is 0 Å². The van der Waals surface area contributed by atoms with Crippen molar-refractivity contribution in [2.45, 2.75) is 18.5 Å². The predicted octanol–water partition coefficient (Wildman–Crippen LogP) is 0.280. The predicted molar refractivity (Wildman–Crippen MR) is 65.3 cm³/mol. The molecule has 1 fully saturated rings. The molecule has 2 atom stereocenters. The van der Waals surface area contributed by atoms with Crippen molar-refractivity contribution in [3.8, 4) is 11.5 Å². The van der Waals surface area contributed by atoms with E-state index in [9.17, 15) is 0 Å². The van der Waals surface area contributed by atoms with E-state index < -0.39 is 0 Å². The lowest BCUT2D eigenvalue weighted by atomic mass is 10.0. The minimum atomic E-state index is 0.143. The largest absolute Gasteiger partial charge is 0.454 e. The molecule has 5 nitrogen and oxygen atoms in total. The molecule has 2 heterocycles. The monoisotopic (exact) mass is 235 g/mol. The zero-order chi connectivity index (χ0) is 11.8. The maximum absolute atomic E-state index is 5.99. The standard InChI is InChI=1S/C12H17N3O2/c13-8-3-9(14)6-15(5-8)10-1-2-11-12(4-10)17-7-16-11/h1-2,4,8-9H,3,5-7,13-14H2/t8-,9+. The molecule has 0 bridgehead atoms. The Bertz CT molecular complexity index is 414. The van der Waals surface area contributed by atoms with Gasteiger partial charge in [-0.25, -0.2) is 0 Å². The Labute approximate surface area is 100 Å². The van der Waals surface area contributed by atoms with Gasteiger partial charge in [0.15, 0.2) is 11.5 Å². The number of hydrogen-bond donors (Lipinski definition) is 2. The van der Waals surface area contributed by atoms with Gasteiger partial charge in [-0.15, -0.1) is 0 Å². The topological polar surface area (TPSA) is 73.7 Å². The van der Waals surface area contributed by atoms with E-state index in [2.05, 4.69) is 4.90 Å². The quantitative estimate of drug-likeness (QED) is 0.731. The van der Waals surface area contributed by atoms with Crippen LogP contribution in [0.2, 0.25) is 0 Å². The summed E-state index contributed by atoms with van der Waals surface area (Å²) in [6, 6.07) is 6.24. The molecule has 1 aromatic carbocycles. The summed E-state index contributed by atoms with van der Waals surface area (Å²) >= 11 is 0. The first kappa shape index (κ1) is 10.7. The van der Waals surface area contributed by atoms with Crippen molar-refractivity contribution < 1.29 is 9.47 Å². The summed E-state index contributed by atoms with van der Waals surface area (Å²) in [5, 5.41) is 0. The number of anilines is 1. The Hall–Kier alpha value is -1.46. The van der Waals surface area contributed by atoms with Crippen LogP contribution in [0.25, 0.3) is 0 Å². The highest BCUT2D eigenvalue weighted by Gasteiger charge is 2.24. The fraction of sp³-hybridized carbons (Fsp3) is 0.500. The van der Waals surface area contributed by atoms with Crippen LogP contribution in [0.4, 0.5) is 5.69 Å². The molecule has 0 spiro atoms. The van der Waals surface area contributed by atoms with E-state index in [1.54, 1.807) is 0 Å². The van der Waals surface area contributed by atoms with Crippen LogP contribution in [0.5, 0.6) is 11.5 Å². The minimum Gasteiger partial charge on any atom is -0.454 e. The van der Waals surface area contributed by atoms with Gasteiger partial charge in [-0.1, -0.05) is 0 Å². The van der Waals surface area contributed by atoms with Crippen LogP contribution in [0.1, 0.15) is 6.42 Å². The van der Waals surface area contributed by atoms with Gasteiger partial charge >= 0.3 is 0 Å². The summed E-state index contributed by atoms with van der Waals surface area (Å²) < 4.78 is 10.7. The number of fused-ring (bicyclic) bond motifs is 1. The molecule has 0 unspecified atom stereocenters. The van der Waals surface area contributed by atoms with E-state index in [0.717, 1.165) is 36.7 Å². The summed E-state index contributed by atoms with van der Waals surface area (Å²) in [4.78, 5) is 2.21. The van der Waals surface area contributed by atoms with Crippen molar-refractivity contribution in [2.75, 3.05) is 24.8 Å². The molecule has 0 amide bonds. The van der Waals surface area contributed by atoms with Crippen molar-refractivity contribution in [1.82, 2.24) is 0 Å². The summed E-state index contributed by atoms with van der Waals surface area (Å²) in [7, 11) is 0. The molecule has 5 heteroatoms. The third-order valence-electron chi connectivity index (χ3n) is 3.24. The van der Waals surface area contributed by atoms with E-state index >= 15 is 0 Å². The zero-order valence-corrected chi connectivity index (χ0v) is 9.63. The molecule has 1 saturated heterocycles. The third-order valence-corrected chi connectivity index (χ3v) is 3.24. The van der Waals surface area contributed by atoms with Crippen molar-refractivity contribution in [3.05, 3.63) is 18.2 Å². The van der Waals surface area contributed by atoms with Crippen molar-refractivity contribution in [2.24, 2.45) is 11.5 Å². The molecule has 0 radical (unpaired) electrons. The minimum absolute atomic E-state index is 0.143. The van der Waals surface area contributed by atoms with Gasteiger partial charge in [-0.2, -0.15) is 0 Å². The maximum atomic E-state index is 5.99. The van der Waals surface area contributed by atoms with E-state index in [1.807, 2.05) is 18.2 Å². The number of piperidine rings is 1. The lowest BCUT2D eigenvalue weighted by Crippen LogP contribution is -2.52. The van der Waals surface area contributed by atoms with Crippen LogP contribution in [0, 0.1) is 0 Å². The molecular weight excluding hydrogens is 218 g/mol. The summed E-state index contributed by atoms with van der Waals surface area (Å²) in [6.07, 6.45) is 0.890. The highest BCUT2D eigenvalue weighted by Crippen LogP contribution is 2.35. The molecule has 17 heavy (non-hydrogen) atoms. The summed E-state index contributed by atoms with van der Waals surface area (Å²) in [5.74, 6) is 1.61. The Kier molecular flexibility index (Phi) is 2.57. The Morgan fingerprint density at radius 2 is 1.76 bits per heavy atom. The van der Waals surface area contributed by atoms with E-state index in [4.69, 9.17) is 20.9 Å². The third kappa shape index (κ3) is 2.03. The van der Waals surface area contributed by atoms with Crippen LogP contribution in [-0.4, -0.2) is 32.0 Å². The number of benzene rings is 1. The second-order valence-corrected chi connectivity index (χ2v) is 4.70. The smallest absolute Gasteiger partial charge is 0.231 e. The molecule has 3 rings (SSSR count). The summed E-state index contributed by atoms with van der Waals surface area (Å²) in [5.41, 5.74) is 13.1. The molecular formula is C12H17N3O2. The van der Waals surface area contributed by atoms with Crippen molar-refractivity contribution >= 4 is 5.69 Å². The fourth-order valence-electron chi connectivity index (χ4n) is 2.47. The second-order valence-electron chi connectivity index (χ2n) is 4.70. The molecule has 0 aromatic heterocycles. The Morgan fingerprint density at radius 1 is 1.06 bits per heavy atom. The number of nitrogens with two attached hydrogens (primary N) is 2. The van der Waals surface area contributed by atoms with Gasteiger partial charge in [-0.3, -0.25) is 0 Å². The molecule has 0 saturated carbocycles. The number of nitrogens with zero attached hydrogens (tertiary/aromatic N) is 1. The second kappa shape index (κ2) is 4.09. The van der Waals surface area contributed by atoms with Crippen LogP contribution in [-0.2, 0) is 0 Å². The van der Waals surface area contributed by atoms with E-state index in [1.165, 1.54) is 0 Å². The molecule has 0 aliphatic carbocycles. The Balaban J connectivity index is 1.83. The first-order valence-electron chi connectivity index (χ1n) is 5.88. The van der Waals surface area contributed by atoms with Crippen LogP contribution < -0.4 is 25.8 Å². The van der Waals surface area contributed by atoms with Gasteiger partial charge < -0.3 is 25.8 Å². The first-order chi connectivity index (χ1) is 8.22. The van der Waals surface area contributed by atoms with Crippen molar-refractivity contribution in [1.29, 1.82) is 0 Å². The molecule has 2 aliphatic rings. The average Bonchev–Trinajstić information content (AvgIpc) is 2.74. The van der Waals surface area contributed by atoms with Crippen LogP contribution in [0.3, 0.4) is 0 Å². The van der Waals surface area contributed by atoms with Crippen molar-refractivity contribution in [3.63, 3.8) is 0 Å².